The number of hydrogen-bond donors (Lipinski definition) is 0. The molecule has 0 N–H and O–H groups in total. The summed E-state index contributed by atoms with van der Waals surface area (Å²) in [6.45, 7) is 8.32. The summed E-state index contributed by atoms with van der Waals surface area (Å²) in [6.07, 6.45) is -5.50. The molecule has 0 aliphatic rings. The van der Waals surface area contributed by atoms with E-state index in [1.807, 2.05) is 26.8 Å². The van der Waals surface area contributed by atoms with Crippen LogP contribution in [0.1, 0.15) is 38.8 Å². The molecule has 1 heterocycles. The topological polar surface area (TPSA) is 31.4 Å². The first kappa shape index (κ1) is 37.5. The van der Waals surface area contributed by atoms with Gasteiger partial charge in [0.2, 0.25) is 0 Å². The number of halogens is 9. The van der Waals surface area contributed by atoms with Crippen molar-refractivity contribution < 1.29 is 49.0 Å². The second-order valence-electron chi connectivity index (χ2n) is 9.81. The van der Waals surface area contributed by atoms with Gasteiger partial charge in [0.1, 0.15) is 23.2 Å². The summed E-state index contributed by atoms with van der Waals surface area (Å²) in [5.41, 5.74) is 0.545. The maximum Gasteiger partial charge on any atom is 0.573 e. The van der Waals surface area contributed by atoms with Crippen LogP contribution in [0, 0.1) is 24.4 Å². The Morgan fingerprint density at radius 1 is 0.729 bits per heavy atom. The monoisotopic (exact) mass is 679 g/mol. The van der Waals surface area contributed by atoms with Gasteiger partial charge in [-0.3, -0.25) is 4.98 Å². The van der Waals surface area contributed by atoms with E-state index in [0.29, 0.717) is 35.5 Å². The third kappa shape index (κ3) is 9.30. The van der Waals surface area contributed by atoms with E-state index in [9.17, 15) is 26.3 Å². The minimum Gasteiger partial charge on any atom is -0.429 e. The lowest BCUT2D eigenvalue weighted by atomic mass is 9.97. The number of hydrogen-bond acceptors (Lipinski definition) is 3. The van der Waals surface area contributed by atoms with E-state index in [1.165, 1.54) is 37.3 Å². The van der Waals surface area contributed by atoms with Gasteiger partial charge in [0, 0.05) is 29.0 Å². The summed E-state index contributed by atoms with van der Waals surface area (Å²) >= 11 is 0. The normalized spacial score (nSPS) is 12.8. The molecule has 0 fully saturated rings. The highest BCUT2D eigenvalue weighted by atomic mass is 19.4. The van der Waals surface area contributed by atoms with E-state index >= 15 is 13.2 Å². The van der Waals surface area contributed by atoms with Crippen LogP contribution in [0.3, 0.4) is 0 Å². The fourth-order valence-corrected chi connectivity index (χ4v) is 4.40. The molecule has 3 nitrogen and oxygen atoms in total. The van der Waals surface area contributed by atoms with Gasteiger partial charge in [0.05, 0.1) is 11.3 Å². The predicted molar refractivity (Wildman–Crippen MR) is 166 cm³/mol. The molecule has 4 rings (SSSR count). The first-order chi connectivity index (χ1) is 22.6. The molecule has 12 heteroatoms. The van der Waals surface area contributed by atoms with Crippen molar-refractivity contribution in [1.82, 2.24) is 4.98 Å². The van der Waals surface area contributed by atoms with Crippen LogP contribution in [-0.4, -0.2) is 17.5 Å². The molecular weight excluding hydrogens is 649 g/mol. The third-order valence-electron chi connectivity index (χ3n) is 6.60. The van der Waals surface area contributed by atoms with E-state index in [-0.39, 0.29) is 28.3 Å². The summed E-state index contributed by atoms with van der Waals surface area (Å²) in [6, 6.07) is 12.7. The molecule has 0 spiro atoms. The average Bonchev–Trinajstić information content (AvgIpc) is 3.02. The Bertz CT molecular complexity index is 1830. The minimum absolute atomic E-state index is 0.0764. The van der Waals surface area contributed by atoms with Crippen LogP contribution >= 0.6 is 0 Å². The first-order valence-corrected chi connectivity index (χ1v) is 14.5. The van der Waals surface area contributed by atoms with Crippen molar-refractivity contribution in [2.45, 2.75) is 47.1 Å². The van der Waals surface area contributed by atoms with Gasteiger partial charge in [-0.25, -0.2) is 17.6 Å². The highest BCUT2D eigenvalue weighted by Gasteiger charge is 2.40. The number of rotatable bonds is 9. The van der Waals surface area contributed by atoms with Crippen molar-refractivity contribution in [2.24, 2.45) is 0 Å². The molecule has 0 unspecified atom stereocenters. The number of ether oxygens (including phenoxy) is 2. The lowest BCUT2D eigenvalue weighted by Gasteiger charge is -2.21. The largest absolute Gasteiger partial charge is 0.573 e. The number of benzene rings is 3. The van der Waals surface area contributed by atoms with E-state index in [1.54, 1.807) is 18.3 Å². The molecule has 3 aromatic carbocycles. The fraction of sp³-hybridized carbons (Fsp3) is 0.194. The van der Waals surface area contributed by atoms with Gasteiger partial charge in [-0.1, -0.05) is 56.3 Å². The molecule has 0 saturated carbocycles. The number of alkyl halides is 5. The van der Waals surface area contributed by atoms with Gasteiger partial charge in [0.15, 0.2) is 11.6 Å². The molecule has 0 bridgehead atoms. The Morgan fingerprint density at radius 2 is 1.40 bits per heavy atom. The second-order valence-corrected chi connectivity index (χ2v) is 9.81. The predicted octanol–water partition coefficient (Wildman–Crippen LogP) is 11.9. The molecule has 4 aromatic rings. The average molecular weight is 680 g/mol. The van der Waals surface area contributed by atoms with E-state index in [2.05, 4.69) is 14.5 Å². The Balaban J connectivity index is 0.00000307. The Kier molecular flexibility index (Phi) is 12.3. The Labute approximate surface area is 271 Å². The Hall–Kier alpha value is -5.00. The zero-order chi connectivity index (χ0) is 35.8. The quantitative estimate of drug-likeness (QED) is 0.130. The zero-order valence-electron chi connectivity index (χ0n) is 26.3. The lowest BCUT2D eigenvalue weighted by molar-refractivity contribution is -0.275. The van der Waals surface area contributed by atoms with Crippen molar-refractivity contribution in [3.8, 4) is 33.9 Å². The van der Waals surface area contributed by atoms with Crippen molar-refractivity contribution in [2.75, 3.05) is 0 Å². The molecular formula is C36H30F9NO2. The zero-order valence-corrected chi connectivity index (χ0v) is 26.3. The summed E-state index contributed by atoms with van der Waals surface area (Å²) in [5.74, 6) is -6.96. The van der Waals surface area contributed by atoms with Crippen LogP contribution in [0.4, 0.5) is 39.5 Å². The standard InChI is InChI=1S/C34H24F9NO2.C2H6/c1-4-20(14-29(37)26(5-2)33(39,40)45-23-9-13-32(30(38)17-23)46-34(41,42)43)24-10-7-21(15-27(24)35)25-11-8-22(16-28(25)36)31-12-6-19(3)18-44-31;1-2/h4-18H,1-3H3;1-2H3/b20-4+,26-5-,29-14+;. The van der Waals surface area contributed by atoms with Gasteiger partial charge in [-0.15, -0.1) is 13.2 Å². The lowest BCUT2D eigenvalue weighted by Crippen LogP contribution is -2.28. The van der Waals surface area contributed by atoms with Crippen LogP contribution in [0.15, 0.2) is 103 Å². The number of pyridine rings is 1. The second kappa shape index (κ2) is 15.7. The van der Waals surface area contributed by atoms with Crippen LogP contribution in [0.2, 0.25) is 0 Å². The summed E-state index contributed by atoms with van der Waals surface area (Å²) in [7, 11) is 0. The molecule has 0 amide bonds. The van der Waals surface area contributed by atoms with Crippen molar-refractivity contribution >= 4 is 5.57 Å². The van der Waals surface area contributed by atoms with Crippen LogP contribution < -0.4 is 9.47 Å². The summed E-state index contributed by atoms with van der Waals surface area (Å²) < 4.78 is 134. The summed E-state index contributed by atoms with van der Waals surface area (Å²) in [5, 5.41) is 0. The smallest absolute Gasteiger partial charge is 0.429 e. The van der Waals surface area contributed by atoms with Crippen LogP contribution in [-0.2, 0) is 0 Å². The SMILES string of the molecule is C/C=C(/C(F)=C\C(=C/C)c1ccc(-c2ccc(-c3ccc(C)cn3)cc2F)cc1F)C(F)(F)Oc1ccc(OC(F)(F)F)c(F)c1.CC. The highest BCUT2D eigenvalue weighted by molar-refractivity contribution is 5.78. The van der Waals surface area contributed by atoms with Crippen molar-refractivity contribution in [3.05, 3.63) is 131 Å². The molecule has 0 aliphatic heterocycles. The minimum atomic E-state index is -5.23. The van der Waals surface area contributed by atoms with E-state index < -0.39 is 52.8 Å². The van der Waals surface area contributed by atoms with Crippen LogP contribution in [0.25, 0.3) is 28.0 Å². The van der Waals surface area contributed by atoms with Gasteiger partial charge < -0.3 is 9.47 Å². The van der Waals surface area contributed by atoms with Gasteiger partial charge >= 0.3 is 12.5 Å². The highest BCUT2D eigenvalue weighted by Crippen LogP contribution is 2.37. The maximum atomic E-state index is 15.3. The number of nitrogens with zero attached hydrogens (tertiary/aromatic N) is 1. The Morgan fingerprint density at radius 3 is 1.94 bits per heavy atom. The summed E-state index contributed by atoms with van der Waals surface area (Å²) in [4.78, 5) is 4.26. The van der Waals surface area contributed by atoms with Gasteiger partial charge in [0.25, 0.3) is 0 Å². The van der Waals surface area contributed by atoms with E-state index in [4.69, 9.17) is 0 Å². The molecule has 0 saturated heterocycles. The molecule has 0 aliphatic carbocycles. The van der Waals surface area contributed by atoms with Crippen LogP contribution in [0.5, 0.6) is 11.5 Å². The fourth-order valence-electron chi connectivity index (χ4n) is 4.40. The molecule has 0 atom stereocenters. The van der Waals surface area contributed by atoms with Crippen molar-refractivity contribution in [1.29, 1.82) is 0 Å². The van der Waals surface area contributed by atoms with Gasteiger partial charge in [-0.05, 0) is 73.9 Å². The van der Waals surface area contributed by atoms with E-state index in [0.717, 1.165) is 18.6 Å². The first-order valence-electron chi connectivity index (χ1n) is 14.5. The number of aromatic nitrogens is 1. The molecule has 48 heavy (non-hydrogen) atoms. The third-order valence-corrected chi connectivity index (χ3v) is 6.60. The maximum absolute atomic E-state index is 15.3. The number of aryl methyl sites for hydroxylation is 1. The molecule has 1 aromatic heterocycles. The number of allylic oxidation sites excluding steroid dienone is 4. The van der Waals surface area contributed by atoms with Gasteiger partial charge in [-0.2, -0.15) is 8.78 Å². The van der Waals surface area contributed by atoms with Crippen molar-refractivity contribution in [3.63, 3.8) is 0 Å². The molecule has 254 valence electrons. The molecule has 0 radical (unpaired) electrons.